The van der Waals surface area contributed by atoms with Gasteiger partial charge in [0.05, 0.1) is 0 Å². The molecule has 8 aromatic carbocycles. The maximum atomic E-state index is 13.3. The fourth-order valence-corrected chi connectivity index (χ4v) is 7.51. The minimum Gasteiger partial charge on any atom is -0.376 e. The summed E-state index contributed by atoms with van der Waals surface area (Å²) in [5.41, 5.74) is 7.67. The lowest BCUT2D eigenvalue weighted by atomic mass is 9.76. The second-order valence-electron chi connectivity index (χ2n) is 11.9. The van der Waals surface area contributed by atoms with Gasteiger partial charge in [-0.15, -0.1) is 0 Å². The zero-order valence-electron chi connectivity index (χ0n) is 25.6. The van der Waals surface area contributed by atoms with Crippen LogP contribution in [0.3, 0.4) is 0 Å². The molecule has 1 unspecified atom stereocenters. The van der Waals surface area contributed by atoms with Crippen LogP contribution in [0.4, 0.5) is 0 Å². The number of hydrogen-bond donors (Lipinski definition) is 1. The number of aliphatic hydroxyl groups is 1. The molecule has 224 valence electrons. The minimum atomic E-state index is -1.44. The molecule has 8 rings (SSSR count). The normalized spacial score (nSPS) is 12.6. The van der Waals surface area contributed by atoms with E-state index < -0.39 is 5.60 Å². The van der Waals surface area contributed by atoms with Gasteiger partial charge in [0.2, 0.25) is 0 Å². The van der Waals surface area contributed by atoms with Gasteiger partial charge in [-0.05, 0) is 84.3 Å². The zero-order chi connectivity index (χ0) is 31.8. The highest BCUT2D eigenvalue weighted by Crippen LogP contribution is 2.46. The van der Waals surface area contributed by atoms with E-state index in [1.807, 2.05) is 54.6 Å². The predicted molar refractivity (Wildman–Crippen MR) is 200 cm³/mol. The molecule has 2 heteroatoms. The topological polar surface area (TPSA) is 20.2 Å². The van der Waals surface area contributed by atoms with E-state index in [1.165, 1.54) is 32.7 Å². The molecule has 0 aliphatic carbocycles. The van der Waals surface area contributed by atoms with Crippen molar-refractivity contribution in [1.82, 2.24) is 0 Å². The molecule has 1 nitrogen and oxygen atoms in total. The van der Waals surface area contributed by atoms with E-state index in [1.54, 1.807) is 0 Å². The van der Waals surface area contributed by atoms with Crippen LogP contribution in [0, 0.1) is 0 Å². The Bertz CT molecular complexity index is 2320. The first kappa shape index (κ1) is 29.1. The Hall–Kier alpha value is -5.28. The van der Waals surface area contributed by atoms with Gasteiger partial charge >= 0.3 is 0 Å². The maximum Gasteiger partial charge on any atom is 0.141 e. The highest BCUT2D eigenvalue weighted by Gasteiger charge is 2.36. The van der Waals surface area contributed by atoms with Crippen LogP contribution >= 0.6 is 15.9 Å². The lowest BCUT2D eigenvalue weighted by Crippen LogP contribution is -2.29. The Morgan fingerprint density at radius 1 is 0.383 bits per heavy atom. The molecule has 1 atom stereocenters. The first-order chi connectivity index (χ1) is 23.1. The van der Waals surface area contributed by atoms with Crippen molar-refractivity contribution in [3.05, 3.63) is 203 Å². The second kappa shape index (κ2) is 12.1. The quantitative estimate of drug-likeness (QED) is 0.138. The molecule has 0 spiro atoms. The Morgan fingerprint density at radius 2 is 0.830 bits per heavy atom. The SMILES string of the molecule is OC(c1cccc(Br)c1)(c1cccc(-c2c3ccccc3c(-c3ccccc3)c3ccccc23)c1)c1ccccc1-c1ccccc1. The predicted octanol–water partition coefficient (Wildman–Crippen LogP) is 12.0. The van der Waals surface area contributed by atoms with E-state index in [0.717, 1.165) is 43.4 Å². The molecule has 1 N–H and O–H groups in total. The van der Waals surface area contributed by atoms with Gasteiger partial charge in [0.15, 0.2) is 0 Å². The van der Waals surface area contributed by atoms with E-state index in [4.69, 9.17) is 0 Å². The van der Waals surface area contributed by atoms with E-state index in [9.17, 15) is 5.11 Å². The van der Waals surface area contributed by atoms with E-state index in [-0.39, 0.29) is 0 Å². The highest BCUT2D eigenvalue weighted by atomic mass is 79.9. The average molecular weight is 668 g/mol. The molecule has 0 radical (unpaired) electrons. The van der Waals surface area contributed by atoms with E-state index in [0.29, 0.717) is 0 Å². The largest absolute Gasteiger partial charge is 0.376 e. The molecule has 0 fully saturated rings. The van der Waals surface area contributed by atoms with Crippen LogP contribution in [0.2, 0.25) is 0 Å². The first-order valence-corrected chi connectivity index (χ1v) is 16.7. The number of rotatable bonds is 6. The number of hydrogen-bond acceptors (Lipinski definition) is 1. The van der Waals surface area contributed by atoms with Crippen LogP contribution < -0.4 is 0 Å². The summed E-state index contributed by atoms with van der Waals surface area (Å²) in [7, 11) is 0. The second-order valence-corrected chi connectivity index (χ2v) is 12.8. The summed E-state index contributed by atoms with van der Waals surface area (Å²) >= 11 is 3.68. The van der Waals surface area contributed by atoms with Gasteiger partial charge in [-0.1, -0.05) is 180 Å². The van der Waals surface area contributed by atoms with Crippen molar-refractivity contribution in [2.45, 2.75) is 5.60 Å². The van der Waals surface area contributed by atoms with Gasteiger partial charge < -0.3 is 5.11 Å². The van der Waals surface area contributed by atoms with Crippen LogP contribution in [-0.2, 0) is 5.60 Å². The number of benzene rings is 8. The van der Waals surface area contributed by atoms with Crippen molar-refractivity contribution in [2.24, 2.45) is 0 Å². The van der Waals surface area contributed by atoms with Crippen molar-refractivity contribution in [1.29, 1.82) is 0 Å². The van der Waals surface area contributed by atoms with Crippen molar-refractivity contribution >= 4 is 37.5 Å². The highest BCUT2D eigenvalue weighted by molar-refractivity contribution is 9.10. The summed E-state index contributed by atoms with van der Waals surface area (Å²) in [5, 5.41) is 18.0. The van der Waals surface area contributed by atoms with Gasteiger partial charge in [-0.2, -0.15) is 0 Å². The summed E-state index contributed by atoms with van der Waals surface area (Å²) in [6, 6.07) is 63.0. The average Bonchev–Trinajstić information content (AvgIpc) is 3.14. The summed E-state index contributed by atoms with van der Waals surface area (Å²) < 4.78 is 0.912. The zero-order valence-corrected chi connectivity index (χ0v) is 27.2. The Balaban J connectivity index is 1.42. The lowest BCUT2D eigenvalue weighted by molar-refractivity contribution is 0.126. The molecule has 0 bridgehead atoms. The molecule has 0 aromatic heterocycles. The van der Waals surface area contributed by atoms with Gasteiger partial charge in [-0.3, -0.25) is 0 Å². The molecular weight excluding hydrogens is 636 g/mol. The van der Waals surface area contributed by atoms with Gasteiger partial charge in [-0.25, -0.2) is 0 Å². The van der Waals surface area contributed by atoms with Crippen molar-refractivity contribution in [2.75, 3.05) is 0 Å². The summed E-state index contributed by atoms with van der Waals surface area (Å²) in [6.07, 6.45) is 0. The van der Waals surface area contributed by atoms with E-state index >= 15 is 0 Å². The molecule has 0 heterocycles. The molecule has 47 heavy (non-hydrogen) atoms. The summed E-state index contributed by atoms with van der Waals surface area (Å²) in [6.45, 7) is 0. The van der Waals surface area contributed by atoms with Crippen LogP contribution in [0.25, 0.3) is 54.9 Å². The number of fused-ring (bicyclic) bond motifs is 2. The third-order valence-corrected chi connectivity index (χ3v) is 9.70. The molecule has 8 aromatic rings. The summed E-state index contributed by atoms with van der Waals surface area (Å²) in [4.78, 5) is 0. The third kappa shape index (κ3) is 5.07. The van der Waals surface area contributed by atoms with Crippen LogP contribution in [0.15, 0.2) is 186 Å². The fraction of sp³-hybridized carbons (Fsp3) is 0.0222. The van der Waals surface area contributed by atoms with Crippen LogP contribution in [-0.4, -0.2) is 5.11 Å². The maximum absolute atomic E-state index is 13.3. The summed E-state index contributed by atoms with van der Waals surface area (Å²) in [5.74, 6) is 0. The molecular formula is C45H31BrO. The lowest BCUT2D eigenvalue weighted by Gasteiger charge is -2.33. The molecule has 0 aliphatic rings. The smallest absolute Gasteiger partial charge is 0.141 e. The van der Waals surface area contributed by atoms with Gasteiger partial charge in [0, 0.05) is 10.0 Å². The monoisotopic (exact) mass is 666 g/mol. The minimum absolute atomic E-state index is 0.793. The standard InChI is InChI=1S/C45H31BrO/c46-36-22-14-21-35(30-36)45(47,42-28-12-11-23-37(42)31-15-3-1-4-16-31)34-20-13-19-33(29-34)44-40-26-9-7-24-38(40)43(32-17-5-2-6-18-32)39-25-8-10-27-41(39)44/h1-30,47H. The van der Waals surface area contributed by atoms with Gasteiger partial charge in [0.25, 0.3) is 0 Å². The van der Waals surface area contributed by atoms with Crippen molar-refractivity contribution in [3.63, 3.8) is 0 Å². The van der Waals surface area contributed by atoms with Gasteiger partial charge in [0.1, 0.15) is 5.60 Å². The molecule has 0 aliphatic heterocycles. The van der Waals surface area contributed by atoms with Crippen molar-refractivity contribution in [3.8, 4) is 33.4 Å². The van der Waals surface area contributed by atoms with E-state index in [2.05, 4.69) is 143 Å². The molecule has 0 saturated carbocycles. The van der Waals surface area contributed by atoms with Crippen LogP contribution in [0.1, 0.15) is 16.7 Å². The first-order valence-electron chi connectivity index (χ1n) is 15.9. The Kier molecular flexibility index (Phi) is 7.53. The third-order valence-electron chi connectivity index (χ3n) is 9.21. The Morgan fingerprint density at radius 3 is 1.43 bits per heavy atom. The Labute approximate surface area is 283 Å². The van der Waals surface area contributed by atoms with Crippen LogP contribution in [0.5, 0.6) is 0 Å². The molecule has 0 amide bonds. The van der Waals surface area contributed by atoms with Crippen molar-refractivity contribution < 1.29 is 5.11 Å². The fourth-order valence-electron chi connectivity index (χ4n) is 7.11. The molecule has 0 saturated heterocycles. The number of halogens is 1.